The fourth-order valence-corrected chi connectivity index (χ4v) is 4.76. The number of phenolic OH excluding ortho intramolecular Hbond substituents is 1. The van der Waals surface area contributed by atoms with Crippen molar-refractivity contribution in [3.8, 4) is 17.2 Å². The summed E-state index contributed by atoms with van der Waals surface area (Å²) in [7, 11) is 0. The van der Waals surface area contributed by atoms with Crippen LogP contribution in [0.2, 0.25) is 0 Å². The van der Waals surface area contributed by atoms with E-state index in [1.807, 2.05) is 35.2 Å². The van der Waals surface area contributed by atoms with Crippen LogP contribution in [0.15, 0.2) is 81.6 Å². The number of carbonyl (C=O) groups is 1. The highest BCUT2D eigenvalue weighted by molar-refractivity contribution is 5.95. The van der Waals surface area contributed by atoms with Gasteiger partial charge in [-0.15, -0.1) is 10.2 Å². The van der Waals surface area contributed by atoms with Crippen LogP contribution in [0.3, 0.4) is 0 Å². The maximum atomic E-state index is 13.4. The van der Waals surface area contributed by atoms with Gasteiger partial charge in [0.2, 0.25) is 17.7 Å². The number of aryl methyl sites for hydroxylation is 1. The molecule has 5 aromatic rings. The van der Waals surface area contributed by atoms with E-state index in [2.05, 4.69) is 32.2 Å². The second-order valence-corrected chi connectivity index (χ2v) is 9.05. The van der Waals surface area contributed by atoms with E-state index in [1.165, 1.54) is 0 Å². The molecule has 0 aliphatic carbocycles. The minimum Gasteiger partial charge on any atom is -0.508 e. The van der Waals surface area contributed by atoms with E-state index < -0.39 is 0 Å². The van der Waals surface area contributed by atoms with Crippen molar-refractivity contribution in [2.75, 3.05) is 26.2 Å². The van der Waals surface area contributed by atoms with Gasteiger partial charge in [0.05, 0.1) is 0 Å². The summed E-state index contributed by atoms with van der Waals surface area (Å²) in [5.41, 5.74) is 3.49. The number of fused-ring (bicyclic) bond motifs is 1. The molecule has 1 fully saturated rings. The third kappa shape index (κ3) is 4.56. The van der Waals surface area contributed by atoms with Crippen molar-refractivity contribution in [2.24, 2.45) is 0 Å². The fourth-order valence-electron chi connectivity index (χ4n) is 4.76. The van der Waals surface area contributed by atoms with Crippen LogP contribution in [0.4, 0.5) is 0 Å². The monoisotopic (exact) mass is 495 g/mol. The Labute approximate surface area is 213 Å². The molecule has 37 heavy (non-hydrogen) atoms. The van der Waals surface area contributed by atoms with E-state index in [4.69, 9.17) is 8.83 Å². The second kappa shape index (κ2) is 9.51. The lowest BCUT2D eigenvalue weighted by atomic mass is 10.0. The smallest absolute Gasteiger partial charge is 0.253 e. The quantitative estimate of drug-likeness (QED) is 0.381. The number of aromatic nitrogens is 3. The van der Waals surface area contributed by atoms with E-state index in [0.717, 1.165) is 5.56 Å². The van der Waals surface area contributed by atoms with Gasteiger partial charge in [0.25, 0.3) is 5.91 Å². The van der Waals surface area contributed by atoms with Gasteiger partial charge < -0.3 is 18.8 Å². The van der Waals surface area contributed by atoms with Gasteiger partial charge in [-0.3, -0.25) is 9.69 Å². The maximum absolute atomic E-state index is 13.4. The van der Waals surface area contributed by atoms with Crippen LogP contribution in [0.25, 0.3) is 22.6 Å². The molecule has 1 aliphatic heterocycles. The number of hydrogen-bond acceptors (Lipinski definition) is 8. The van der Waals surface area contributed by atoms with Crippen molar-refractivity contribution in [3.63, 3.8) is 0 Å². The zero-order valence-corrected chi connectivity index (χ0v) is 20.2. The first-order valence-electron chi connectivity index (χ1n) is 12.1. The van der Waals surface area contributed by atoms with Crippen LogP contribution in [0.1, 0.15) is 33.7 Å². The minimum atomic E-state index is -0.165. The second-order valence-electron chi connectivity index (χ2n) is 9.05. The largest absolute Gasteiger partial charge is 0.508 e. The first kappa shape index (κ1) is 22.9. The first-order valence-corrected chi connectivity index (χ1v) is 12.1. The van der Waals surface area contributed by atoms with Crippen molar-refractivity contribution in [1.82, 2.24) is 25.0 Å². The number of benzene rings is 3. The summed E-state index contributed by atoms with van der Waals surface area (Å²) in [4.78, 5) is 22.0. The Morgan fingerprint density at radius 2 is 1.73 bits per heavy atom. The zero-order valence-electron chi connectivity index (χ0n) is 20.2. The molecule has 186 valence electrons. The van der Waals surface area contributed by atoms with E-state index in [1.54, 1.807) is 37.3 Å². The van der Waals surface area contributed by atoms with Crippen molar-refractivity contribution in [1.29, 1.82) is 0 Å². The molecule has 6 rings (SSSR count). The minimum absolute atomic E-state index is 0.0415. The Bertz CT molecular complexity index is 1550. The topological polar surface area (TPSA) is 109 Å². The lowest BCUT2D eigenvalue weighted by Crippen LogP contribution is -2.50. The van der Waals surface area contributed by atoms with Crippen molar-refractivity contribution in [2.45, 2.75) is 13.0 Å². The molecule has 0 radical (unpaired) electrons. The number of oxazole rings is 1. The highest BCUT2D eigenvalue weighted by atomic mass is 16.4. The lowest BCUT2D eigenvalue weighted by Gasteiger charge is -2.38. The molecule has 9 nitrogen and oxygen atoms in total. The molecule has 0 bridgehead atoms. The fraction of sp³-hybridized carbons (Fsp3) is 0.214. The molecule has 0 spiro atoms. The van der Waals surface area contributed by atoms with Gasteiger partial charge >= 0.3 is 0 Å². The summed E-state index contributed by atoms with van der Waals surface area (Å²) in [6.45, 7) is 4.26. The molecule has 2 aromatic heterocycles. The molecule has 0 saturated carbocycles. The molecular formula is C28H25N5O4. The van der Waals surface area contributed by atoms with Crippen LogP contribution in [-0.4, -0.2) is 62.2 Å². The number of carbonyl (C=O) groups excluding carboxylic acids is 1. The molecule has 1 atom stereocenters. The molecule has 3 aromatic carbocycles. The summed E-state index contributed by atoms with van der Waals surface area (Å²) >= 11 is 0. The molecule has 9 heteroatoms. The van der Waals surface area contributed by atoms with Gasteiger partial charge in [0.1, 0.15) is 17.3 Å². The highest BCUT2D eigenvalue weighted by Gasteiger charge is 2.31. The van der Waals surface area contributed by atoms with E-state index in [9.17, 15) is 9.90 Å². The zero-order chi connectivity index (χ0) is 25.4. The normalized spacial score (nSPS) is 15.2. The van der Waals surface area contributed by atoms with Crippen LogP contribution < -0.4 is 0 Å². The van der Waals surface area contributed by atoms with E-state index >= 15 is 0 Å². The predicted octanol–water partition coefficient (Wildman–Crippen LogP) is 4.44. The standard InChI is InChI=1S/C28H25N5O4/c1-18-30-31-27(36-18)25(19-6-3-2-4-7-19)32-12-14-33(15-13-32)28(35)21-9-5-8-20(16-21)26-29-23-17-22(34)10-11-24(23)37-26/h2-11,16-17,25,34H,12-15H2,1H3. The lowest BCUT2D eigenvalue weighted by molar-refractivity contribution is 0.0578. The molecular weight excluding hydrogens is 470 g/mol. The number of amides is 1. The van der Waals surface area contributed by atoms with Crippen LogP contribution in [0.5, 0.6) is 5.75 Å². The highest BCUT2D eigenvalue weighted by Crippen LogP contribution is 2.30. The Hall–Kier alpha value is -4.50. The summed E-state index contributed by atoms with van der Waals surface area (Å²) in [6, 6.07) is 22.0. The number of aromatic hydroxyl groups is 1. The van der Waals surface area contributed by atoms with Gasteiger partial charge in [-0.25, -0.2) is 4.98 Å². The summed E-state index contributed by atoms with van der Waals surface area (Å²) in [5, 5.41) is 18.0. The van der Waals surface area contributed by atoms with Crippen molar-refractivity contribution < 1.29 is 18.7 Å². The summed E-state index contributed by atoms with van der Waals surface area (Å²) < 4.78 is 11.6. The van der Waals surface area contributed by atoms with Crippen LogP contribution in [-0.2, 0) is 0 Å². The average Bonchev–Trinajstić information content (AvgIpc) is 3.55. The Balaban J connectivity index is 1.19. The van der Waals surface area contributed by atoms with E-state index in [-0.39, 0.29) is 17.7 Å². The molecule has 1 N–H and O–H groups in total. The number of nitrogens with zero attached hydrogens (tertiary/aromatic N) is 5. The SMILES string of the molecule is Cc1nnc(C(c2ccccc2)N2CCN(C(=O)c3cccc(-c4nc5cc(O)ccc5o4)c3)CC2)o1. The molecule has 1 unspecified atom stereocenters. The number of rotatable bonds is 5. The van der Waals surface area contributed by atoms with Crippen molar-refractivity contribution >= 4 is 17.0 Å². The molecule has 3 heterocycles. The summed E-state index contributed by atoms with van der Waals surface area (Å²) in [6.07, 6.45) is 0. The first-order chi connectivity index (χ1) is 18.0. The molecule has 1 amide bonds. The Morgan fingerprint density at radius 1 is 0.919 bits per heavy atom. The van der Waals surface area contributed by atoms with Gasteiger partial charge in [0, 0.05) is 50.3 Å². The van der Waals surface area contributed by atoms with Crippen molar-refractivity contribution in [3.05, 3.63) is 95.7 Å². The number of phenols is 1. The third-order valence-corrected chi connectivity index (χ3v) is 6.59. The third-order valence-electron chi connectivity index (χ3n) is 6.59. The van der Waals surface area contributed by atoms with Gasteiger partial charge in [-0.05, 0) is 35.9 Å². The van der Waals surface area contributed by atoms with Gasteiger partial charge in [-0.2, -0.15) is 0 Å². The molecule has 1 saturated heterocycles. The van der Waals surface area contributed by atoms with E-state index in [0.29, 0.717) is 66.1 Å². The van der Waals surface area contributed by atoms with Crippen LogP contribution in [0, 0.1) is 6.92 Å². The Morgan fingerprint density at radius 3 is 2.49 bits per heavy atom. The molecule has 1 aliphatic rings. The summed E-state index contributed by atoms with van der Waals surface area (Å²) in [5.74, 6) is 1.57. The van der Waals surface area contributed by atoms with Gasteiger partial charge in [0.15, 0.2) is 5.58 Å². The number of hydrogen-bond donors (Lipinski definition) is 1. The van der Waals surface area contributed by atoms with Crippen LogP contribution >= 0.6 is 0 Å². The number of piperazine rings is 1. The maximum Gasteiger partial charge on any atom is 0.253 e. The predicted molar refractivity (Wildman–Crippen MR) is 136 cm³/mol. The Kier molecular flexibility index (Phi) is 5.90. The average molecular weight is 496 g/mol. The van der Waals surface area contributed by atoms with Gasteiger partial charge in [-0.1, -0.05) is 36.4 Å².